The van der Waals surface area contributed by atoms with Gasteiger partial charge in [-0.25, -0.2) is 9.59 Å². The number of nitrogens with two attached hydrogens (primary N) is 1. The molecule has 0 aromatic heterocycles. The summed E-state index contributed by atoms with van der Waals surface area (Å²) in [7, 11) is 0. The van der Waals surface area contributed by atoms with Crippen molar-refractivity contribution in [1.82, 2.24) is 4.90 Å². The second kappa shape index (κ2) is 5.92. The Morgan fingerprint density at radius 1 is 1.33 bits per heavy atom. The molecule has 1 aromatic carbocycles. The van der Waals surface area contributed by atoms with E-state index < -0.39 is 23.9 Å². The second-order valence-electron chi connectivity index (χ2n) is 4.71. The van der Waals surface area contributed by atoms with Crippen LogP contribution in [-0.2, 0) is 27.4 Å². The number of carbonyl (C=O) groups is 3. The van der Waals surface area contributed by atoms with Gasteiger partial charge in [0.15, 0.2) is 6.04 Å². The van der Waals surface area contributed by atoms with Gasteiger partial charge in [-0.05, 0) is 30.2 Å². The largest absolute Gasteiger partial charge is 0.478 e. The van der Waals surface area contributed by atoms with Gasteiger partial charge in [0.25, 0.3) is 5.91 Å². The van der Waals surface area contributed by atoms with Crippen LogP contribution in [0.2, 0.25) is 0 Å². The van der Waals surface area contributed by atoms with Gasteiger partial charge in [0.2, 0.25) is 0 Å². The predicted octanol–water partition coefficient (Wildman–Crippen LogP) is 0.117. The maximum Gasteiger partial charge on any atom is 0.335 e. The molecule has 1 atom stereocenters. The maximum atomic E-state index is 12.1. The molecule has 112 valence electrons. The van der Waals surface area contributed by atoms with Crippen LogP contribution < -0.4 is 5.73 Å². The quantitative estimate of drug-likeness (QED) is 0.602. The molecular formula is C14H16N2O5. The van der Waals surface area contributed by atoms with Gasteiger partial charge >= 0.3 is 11.9 Å². The van der Waals surface area contributed by atoms with Crippen LogP contribution in [0.5, 0.6) is 0 Å². The van der Waals surface area contributed by atoms with E-state index in [9.17, 15) is 14.4 Å². The van der Waals surface area contributed by atoms with Crippen molar-refractivity contribution in [2.24, 2.45) is 5.73 Å². The number of fused-ring (bicyclic) bond motifs is 1. The van der Waals surface area contributed by atoms with Gasteiger partial charge in [-0.15, -0.1) is 0 Å². The number of ether oxygens (including phenoxy) is 1. The van der Waals surface area contributed by atoms with Gasteiger partial charge in [0.05, 0.1) is 12.2 Å². The smallest absolute Gasteiger partial charge is 0.335 e. The first kappa shape index (κ1) is 15.0. The van der Waals surface area contributed by atoms with E-state index in [1.165, 1.54) is 17.0 Å². The molecule has 7 heteroatoms. The number of carboxylic acid groups (broad SMARTS) is 1. The molecule has 1 aliphatic heterocycles. The summed E-state index contributed by atoms with van der Waals surface area (Å²) in [4.78, 5) is 36.0. The van der Waals surface area contributed by atoms with Crippen LogP contribution in [0.3, 0.4) is 0 Å². The Kier molecular flexibility index (Phi) is 4.23. The average Bonchev–Trinajstić information content (AvgIpc) is 2.88. The fourth-order valence-electron chi connectivity index (χ4n) is 2.21. The lowest BCUT2D eigenvalue weighted by atomic mass is 10.1. The van der Waals surface area contributed by atoms with Crippen LogP contribution in [0.1, 0.15) is 28.4 Å². The molecule has 1 aliphatic rings. The summed E-state index contributed by atoms with van der Waals surface area (Å²) < 4.78 is 4.72. The normalized spacial score (nSPS) is 14.5. The molecule has 0 saturated heterocycles. The number of rotatable bonds is 4. The molecule has 1 unspecified atom stereocenters. The van der Waals surface area contributed by atoms with Crippen molar-refractivity contribution in [3.8, 4) is 0 Å². The fraction of sp³-hybridized carbons (Fsp3) is 0.357. The van der Waals surface area contributed by atoms with E-state index in [-0.39, 0.29) is 18.7 Å². The molecule has 1 heterocycles. The van der Waals surface area contributed by atoms with E-state index in [1.807, 2.05) is 0 Å². The number of hydrogen-bond donors (Lipinski definition) is 2. The fourth-order valence-corrected chi connectivity index (χ4v) is 2.21. The van der Waals surface area contributed by atoms with Gasteiger partial charge in [-0.3, -0.25) is 4.79 Å². The number of carbonyl (C=O) groups excluding carboxylic acids is 2. The third-order valence-corrected chi connectivity index (χ3v) is 3.29. The molecule has 0 radical (unpaired) electrons. The van der Waals surface area contributed by atoms with E-state index in [4.69, 9.17) is 15.6 Å². The molecule has 1 aromatic rings. The zero-order valence-electron chi connectivity index (χ0n) is 11.5. The summed E-state index contributed by atoms with van der Waals surface area (Å²) in [6.07, 6.45) is 0. The van der Waals surface area contributed by atoms with Crippen molar-refractivity contribution >= 4 is 17.8 Å². The van der Waals surface area contributed by atoms with Crippen LogP contribution >= 0.6 is 0 Å². The second-order valence-corrected chi connectivity index (χ2v) is 4.71. The molecule has 3 N–H and O–H groups in total. The monoisotopic (exact) mass is 292 g/mol. The molecule has 21 heavy (non-hydrogen) atoms. The van der Waals surface area contributed by atoms with Crippen molar-refractivity contribution in [3.05, 3.63) is 34.9 Å². The minimum absolute atomic E-state index is 0.155. The molecule has 2 rings (SSSR count). The van der Waals surface area contributed by atoms with Gasteiger partial charge in [0.1, 0.15) is 0 Å². The first-order chi connectivity index (χ1) is 9.93. The number of amides is 1. The van der Waals surface area contributed by atoms with Crippen LogP contribution in [-0.4, -0.2) is 40.5 Å². The topological polar surface area (TPSA) is 110 Å². The molecule has 0 aliphatic carbocycles. The van der Waals surface area contributed by atoms with E-state index in [0.29, 0.717) is 6.54 Å². The van der Waals surface area contributed by atoms with Gasteiger partial charge < -0.3 is 20.5 Å². The van der Waals surface area contributed by atoms with Crippen molar-refractivity contribution in [2.45, 2.75) is 26.1 Å². The lowest BCUT2D eigenvalue weighted by Crippen LogP contribution is -2.47. The first-order valence-corrected chi connectivity index (χ1v) is 6.50. The van der Waals surface area contributed by atoms with Crippen molar-refractivity contribution in [1.29, 1.82) is 0 Å². The predicted molar refractivity (Wildman–Crippen MR) is 72.3 cm³/mol. The Morgan fingerprint density at radius 3 is 2.62 bits per heavy atom. The lowest BCUT2D eigenvalue weighted by Gasteiger charge is -2.19. The highest BCUT2D eigenvalue weighted by atomic mass is 16.5. The molecular weight excluding hydrogens is 276 g/mol. The summed E-state index contributed by atoms with van der Waals surface area (Å²) >= 11 is 0. The van der Waals surface area contributed by atoms with E-state index in [2.05, 4.69) is 0 Å². The summed E-state index contributed by atoms with van der Waals surface area (Å²) in [6.45, 7) is 2.33. The number of benzene rings is 1. The van der Waals surface area contributed by atoms with Gasteiger partial charge in [0, 0.05) is 13.1 Å². The van der Waals surface area contributed by atoms with Crippen LogP contribution in [0.15, 0.2) is 18.2 Å². The average molecular weight is 292 g/mol. The Morgan fingerprint density at radius 2 is 2.00 bits per heavy atom. The number of esters is 1. The van der Waals surface area contributed by atoms with Gasteiger partial charge in [-0.2, -0.15) is 0 Å². The lowest BCUT2D eigenvalue weighted by molar-refractivity contribution is -0.151. The molecule has 0 fully saturated rings. The molecule has 0 saturated carbocycles. The Hall–Kier alpha value is -2.41. The summed E-state index contributed by atoms with van der Waals surface area (Å²) in [5.74, 6) is -2.31. The number of aromatic carboxylic acids is 1. The molecule has 0 spiro atoms. The first-order valence-electron chi connectivity index (χ1n) is 6.50. The summed E-state index contributed by atoms with van der Waals surface area (Å²) in [5.41, 5.74) is 7.35. The highest BCUT2D eigenvalue weighted by molar-refractivity contribution is 6.01. The highest BCUT2D eigenvalue weighted by Crippen LogP contribution is 2.24. The highest BCUT2D eigenvalue weighted by Gasteiger charge is 2.32. The number of carboxylic acids is 1. The molecule has 1 amide bonds. The SMILES string of the molecule is CCOC(=O)C(N)C(=O)N1Cc2ccc(C(=O)O)cc2C1. The minimum Gasteiger partial charge on any atom is -0.478 e. The van der Waals surface area contributed by atoms with Crippen molar-refractivity contribution in [2.75, 3.05) is 6.61 Å². The Bertz CT molecular complexity index is 599. The maximum absolute atomic E-state index is 12.1. The summed E-state index contributed by atoms with van der Waals surface area (Å²) in [5, 5.41) is 8.95. The standard InChI is InChI=1S/C14H16N2O5/c1-2-21-14(20)11(15)12(17)16-6-9-4-3-8(13(18)19)5-10(9)7-16/h3-5,11H,2,6-7,15H2,1H3,(H,18,19). The number of nitrogens with zero attached hydrogens (tertiary/aromatic N) is 1. The Balaban J connectivity index is 2.10. The minimum atomic E-state index is -1.35. The van der Waals surface area contributed by atoms with E-state index in [0.717, 1.165) is 11.1 Å². The van der Waals surface area contributed by atoms with Crippen LogP contribution in [0.25, 0.3) is 0 Å². The van der Waals surface area contributed by atoms with Crippen molar-refractivity contribution in [3.63, 3.8) is 0 Å². The van der Waals surface area contributed by atoms with E-state index in [1.54, 1.807) is 13.0 Å². The molecule has 7 nitrogen and oxygen atoms in total. The van der Waals surface area contributed by atoms with E-state index >= 15 is 0 Å². The van der Waals surface area contributed by atoms with Crippen LogP contribution in [0, 0.1) is 0 Å². The third-order valence-electron chi connectivity index (χ3n) is 3.29. The summed E-state index contributed by atoms with van der Waals surface area (Å²) in [6, 6.07) is 3.33. The zero-order chi connectivity index (χ0) is 15.6. The molecule has 0 bridgehead atoms. The Labute approximate surface area is 121 Å². The zero-order valence-corrected chi connectivity index (χ0v) is 11.5. The number of hydrogen-bond acceptors (Lipinski definition) is 5. The third kappa shape index (κ3) is 3.03. The van der Waals surface area contributed by atoms with Crippen molar-refractivity contribution < 1.29 is 24.2 Å². The van der Waals surface area contributed by atoms with Crippen LogP contribution in [0.4, 0.5) is 0 Å². The van der Waals surface area contributed by atoms with Gasteiger partial charge in [-0.1, -0.05) is 6.07 Å².